The number of hydrazine groups is 1. The number of nitrogens with zero attached hydrogens (tertiary/aromatic N) is 2. The first-order chi connectivity index (χ1) is 13.5. The van der Waals surface area contributed by atoms with E-state index in [1.165, 1.54) is 6.07 Å². The molecule has 1 aromatic heterocycles. The lowest BCUT2D eigenvalue weighted by Crippen LogP contribution is -2.45. The van der Waals surface area contributed by atoms with Gasteiger partial charge < -0.3 is 0 Å². The second kappa shape index (κ2) is 8.24. The van der Waals surface area contributed by atoms with Crippen molar-refractivity contribution < 1.29 is 12.8 Å². The van der Waals surface area contributed by atoms with Crippen molar-refractivity contribution in [2.75, 3.05) is 26.2 Å². The van der Waals surface area contributed by atoms with Crippen LogP contribution in [0.3, 0.4) is 0 Å². The molecule has 150 valence electrons. The summed E-state index contributed by atoms with van der Waals surface area (Å²) in [6.07, 6.45) is 2.15. The van der Waals surface area contributed by atoms with Gasteiger partial charge in [-0.25, -0.2) is 17.1 Å². The van der Waals surface area contributed by atoms with E-state index in [4.69, 9.17) is 4.98 Å². The number of hydrogen-bond donors (Lipinski definition) is 2. The summed E-state index contributed by atoms with van der Waals surface area (Å²) in [6.45, 7) is 1.87. The minimum atomic E-state index is -3.34. The fraction of sp³-hybridized carbons (Fsp3) is 0.450. The quantitative estimate of drug-likeness (QED) is 0.795. The van der Waals surface area contributed by atoms with Gasteiger partial charge in [-0.3, -0.25) is 15.8 Å². The van der Waals surface area contributed by atoms with Gasteiger partial charge in [0.25, 0.3) is 0 Å². The molecule has 2 saturated heterocycles. The molecule has 0 radical (unpaired) electrons. The molecule has 2 aliphatic heterocycles. The van der Waals surface area contributed by atoms with E-state index in [0.29, 0.717) is 38.2 Å². The van der Waals surface area contributed by atoms with Gasteiger partial charge in [-0.2, -0.15) is 0 Å². The van der Waals surface area contributed by atoms with E-state index in [1.807, 2.05) is 24.3 Å². The number of pyridine rings is 1. The first-order valence-corrected chi connectivity index (χ1v) is 11.2. The maximum atomic E-state index is 13.9. The van der Waals surface area contributed by atoms with Gasteiger partial charge in [0.2, 0.25) is 10.0 Å². The van der Waals surface area contributed by atoms with E-state index in [-0.39, 0.29) is 11.7 Å². The maximum Gasteiger partial charge on any atom is 0.219 e. The minimum absolute atomic E-state index is 0.0615. The second-order valence-corrected chi connectivity index (χ2v) is 9.66. The molecule has 3 heterocycles. The topological polar surface area (TPSA) is 74.3 Å². The average Bonchev–Trinajstić information content (AvgIpc) is 3.26. The third-order valence-corrected chi connectivity index (χ3v) is 7.75. The highest BCUT2D eigenvalue weighted by molar-refractivity contribution is 7.89. The molecule has 0 saturated carbocycles. The van der Waals surface area contributed by atoms with Gasteiger partial charge in [0.15, 0.2) is 0 Å². The predicted molar refractivity (Wildman–Crippen MR) is 106 cm³/mol. The van der Waals surface area contributed by atoms with E-state index < -0.39 is 15.3 Å². The predicted octanol–water partition coefficient (Wildman–Crippen LogP) is 1.80. The van der Waals surface area contributed by atoms with Crippen LogP contribution in [0.1, 0.15) is 35.7 Å². The zero-order chi connectivity index (χ0) is 19.6. The molecule has 2 fully saturated rings. The van der Waals surface area contributed by atoms with Crippen molar-refractivity contribution in [2.45, 2.75) is 30.4 Å². The minimum Gasteiger partial charge on any atom is -0.257 e. The van der Waals surface area contributed by atoms with Crippen molar-refractivity contribution >= 4 is 10.0 Å². The van der Waals surface area contributed by atoms with Crippen molar-refractivity contribution in [1.29, 1.82) is 0 Å². The standard InChI is InChI=1S/C20H25FN4O2S/c21-19-8-2-1-5-15(19)11-17-7-3-9-20(24-17)16-6-4-10-25(14-16)28(26,27)18-12-22-23-13-18/h1-3,5,7-9,16,18,22-23H,4,6,10-14H2. The first-order valence-electron chi connectivity index (χ1n) is 9.68. The van der Waals surface area contributed by atoms with Crippen LogP contribution in [-0.4, -0.2) is 49.1 Å². The molecule has 2 aromatic rings. The Morgan fingerprint density at radius 1 is 1.11 bits per heavy atom. The number of nitrogens with one attached hydrogen (secondary N) is 2. The van der Waals surface area contributed by atoms with Crippen molar-refractivity contribution in [1.82, 2.24) is 20.1 Å². The number of sulfonamides is 1. The van der Waals surface area contributed by atoms with Crippen LogP contribution in [0, 0.1) is 5.82 Å². The van der Waals surface area contributed by atoms with Crippen LogP contribution in [0.15, 0.2) is 42.5 Å². The Hall–Kier alpha value is -1.87. The van der Waals surface area contributed by atoms with Gasteiger partial charge in [0, 0.05) is 49.9 Å². The average molecular weight is 405 g/mol. The van der Waals surface area contributed by atoms with Gasteiger partial charge in [-0.1, -0.05) is 24.3 Å². The normalized spacial score (nSPS) is 21.8. The monoisotopic (exact) mass is 404 g/mol. The van der Waals surface area contributed by atoms with Gasteiger partial charge in [0.05, 0.1) is 0 Å². The number of piperidine rings is 1. The van der Waals surface area contributed by atoms with Crippen molar-refractivity contribution in [3.8, 4) is 0 Å². The van der Waals surface area contributed by atoms with Crippen LogP contribution >= 0.6 is 0 Å². The summed E-state index contributed by atoms with van der Waals surface area (Å²) >= 11 is 0. The summed E-state index contributed by atoms with van der Waals surface area (Å²) in [4.78, 5) is 4.73. The van der Waals surface area contributed by atoms with Crippen molar-refractivity contribution in [3.05, 3.63) is 65.2 Å². The molecule has 0 amide bonds. The number of hydrogen-bond acceptors (Lipinski definition) is 5. The summed E-state index contributed by atoms with van der Waals surface area (Å²) in [6, 6.07) is 12.5. The molecule has 0 spiro atoms. The lowest BCUT2D eigenvalue weighted by molar-refractivity contribution is 0.310. The Kier molecular flexibility index (Phi) is 5.73. The van der Waals surface area contributed by atoms with Crippen LogP contribution in [-0.2, 0) is 16.4 Å². The third kappa shape index (κ3) is 4.10. The summed E-state index contributed by atoms with van der Waals surface area (Å²) in [5, 5.41) is -0.424. The Bertz CT molecular complexity index is 931. The van der Waals surface area contributed by atoms with Crippen LogP contribution in [0.25, 0.3) is 0 Å². The van der Waals surface area contributed by atoms with Gasteiger partial charge >= 0.3 is 0 Å². The summed E-state index contributed by atoms with van der Waals surface area (Å²) in [7, 11) is -3.34. The molecule has 2 N–H and O–H groups in total. The fourth-order valence-electron chi connectivity index (χ4n) is 3.94. The molecule has 1 unspecified atom stereocenters. The molecule has 2 aliphatic rings. The zero-order valence-electron chi connectivity index (χ0n) is 15.6. The van der Waals surface area contributed by atoms with Gasteiger partial charge in [-0.05, 0) is 36.6 Å². The molecule has 1 atom stereocenters. The highest BCUT2D eigenvalue weighted by Gasteiger charge is 2.37. The molecular formula is C20H25FN4O2S. The summed E-state index contributed by atoms with van der Waals surface area (Å²) in [5.41, 5.74) is 8.09. The fourth-order valence-corrected chi connectivity index (χ4v) is 5.72. The van der Waals surface area contributed by atoms with E-state index >= 15 is 0 Å². The van der Waals surface area contributed by atoms with E-state index in [1.54, 1.807) is 16.4 Å². The Balaban J connectivity index is 1.50. The Morgan fingerprint density at radius 3 is 2.68 bits per heavy atom. The SMILES string of the molecule is O=S(=O)(C1CNNC1)N1CCCC(c2cccc(Cc3ccccc3F)n2)C1. The number of halogens is 1. The van der Waals surface area contributed by atoms with Crippen molar-refractivity contribution in [3.63, 3.8) is 0 Å². The molecule has 28 heavy (non-hydrogen) atoms. The summed E-state index contributed by atoms with van der Waals surface area (Å²) in [5.74, 6) is -0.171. The second-order valence-electron chi connectivity index (χ2n) is 7.45. The largest absolute Gasteiger partial charge is 0.257 e. The summed E-state index contributed by atoms with van der Waals surface area (Å²) < 4.78 is 41.4. The van der Waals surface area contributed by atoms with Crippen LogP contribution in [0.2, 0.25) is 0 Å². The lowest BCUT2D eigenvalue weighted by atomic mass is 9.95. The highest BCUT2D eigenvalue weighted by Crippen LogP contribution is 2.29. The molecule has 0 aliphatic carbocycles. The van der Waals surface area contributed by atoms with Gasteiger partial charge in [-0.15, -0.1) is 0 Å². The van der Waals surface area contributed by atoms with Gasteiger partial charge in [0.1, 0.15) is 11.1 Å². The first kappa shape index (κ1) is 19.4. The smallest absolute Gasteiger partial charge is 0.219 e. The van der Waals surface area contributed by atoms with Crippen molar-refractivity contribution in [2.24, 2.45) is 0 Å². The highest BCUT2D eigenvalue weighted by atomic mass is 32.2. The maximum absolute atomic E-state index is 13.9. The number of aromatic nitrogens is 1. The van der Waals surface area contributed by atoms with E-state index in [2.05, 4.69) is 10.9 Å². The van der Waals surface area contributed by atoms with E-state index in [0.717, 1.165) is 24.2 Å². The Labute approximate surface area is 165 Å². The van der Waals surface area contributed by atoms with Crippen LogP contribution in [0.4, 0.5) is 4.39 Å². The molecule has 0 bridgehead atoms. The molecule has 8 heteroatoms. The van der Waals surface area contributed by atoms with E-state index in [9.17, 15) is 12.8 Å². The number of benzene rings is 1. The Morgan fingerprint density at radius 2 is 1.89 bits per heavy atom. The molecule has 6 nitrogen and oxygen atoms in total. The molecular weight excluding hydrogens is 379 g/mol. The lowest BCUT2D eigenvalue weighted by Gasteiger charge is -2.33. The van der Waals surface area contributed by atoms with Crippen LogP contribution in [0.5, 0.6) is 0 Å². The van der Waals surface area contributed by atoms with Crippen LogP contribution < -0.4 is 10.9 Å². The number of rotatable bonds is 5. The molecule has 1 aromatic carbocycles. The third-order valence-electron chi connectivity index (χ3n) is 5.53. The zero-order valence-corrected chi connectivity index (χ0v) is 16.5. The molecule has 4 rings (SSSR count).